The first-order valence-corrected chi connectivity index (χ1v) is 9.62. The van der Waals surface area contributed by atoms with Gasteiger partial charge in [-0.15, -0.1) is 0 Å². The second-order valence-corrected chi connectivity index (χ2v) is 7.30. The summed E-state index contributed by atoms with van der Waals surface area (Å²) in [6, 6.07) is 13.4. The number of para-hydroxylation sites is 1. The quantitative estimate of drug-likeness (QED) is 0.549. The molecule has 0 fully saturated rings. The molecule has 29 heavy (non-hydrogen) atoms. The molecule has 0 radical (unpaired) electrons. The van der Waals surface area contributed by atoms with Crippen molar-refractivity contribution in [1.29, 1.82) is 0 Å². The number of anilines is 1. The van der Waals surface area contributed by atoms with E-state index in [1.165, 1.54) is 6.07 Å². The van der Waals surface area contributed by atoms with Crippen LogP contribution < -0.4 is 16.3 Å². The van der Waals surface area contributed by atoms with Crippen LogP contribution in [-0.4, -0.2) is 10.9 Å². The molecule has 0 aliphatic heterocycles. The van der Waals surface area contributed by atoms with Crippen molar-refractivity contribution >= 4 is 33.5 Å². The first-order valence-electron chi connectivity index (χ1n) is 9.62. The molecule has 0 spiro atoms. The van der Waals surface area contributed by atoms with E-state index < -0.39 is 5.91 Å². The summed E-state index contributed by atoms with van der Waals surface area (Å²) in [5.74, 6) is -0.583. The lowest BCUT2D eigenvalue weighted by Crippen LogP contribution is -2.19. The summed E-state index contributed by atoms with van der Waals surface area (Å²) in [6.45, 7) is 0. The fraction of sp³-hybridized carbons (Fsp3) is 0.174. The molecule has 1 aliphatic rings. The number of carbonyl (C=O) groups excluding carboxylic acids is 1. The molecule has 1 aliphatic carbocycles. The van der Waals surface area contributed by atoms with E-state index in [1.54, 1.807) is 36.4 Å². The number of carbonyl (C=O) groups is 1. The first kappa shape index (κ1) is 17.4. The Bertz CT molecular complexity index is 1400. The lowest BCUT2D eigenvalue weighted by molar-refractivity contribution is 0.0997. The van der Waals surface area contributed by atoms with Gasteiger partial charge in [0.1, 0.15) is 5.58 Å². The number of fused-ring (bicyclic) bond motifs is 4. The van der Waals surface area contributed by atoms with Crippen LogP contribution in [0.4, 0.5) is 5.69 Å². The second kappa shape index (κ2) is 6.74. The molecule has 2 aromatic heterocycles. The number of rotatable bonds is 2. The summed E-state index contributed by atoms with van der Waals surface area (Å²) in [4.78, 5) is 40.2. The average Bonchev–Trinajstić information content (AvgIpc) is 2.74. The minimum atomic E-state index is -0.521. The predicted molar refractivity (Wildman–Crippen MR) is 112 cm³/mol. The van der Waals surface area contributed by atoms with Crippen molar-refractivity contribution in [2.75, 3.05) is 5.32 Å². The Morgan fingerprint density at radius 3 is 2.59 bits per heavy atom. The van der Waals surface area contributed by atoms with Crippen LogP contribution in [-0.2, 0) is 12.8 Å². The predicted octanol–water partition coefficient (Wildman–Crippen LogP) is 3.77. The van der Waals surface area contributed by atoms with Gasteiger partial charge in [-0.3, -0.25) is 14.4 Å². The van der Waals surface area contributed by atoms with Gasteiger partial charge in [0.25, 0.3) is 11.5 Å². The van der Waals surface area contributed by atoms with Gasteiger partial charge in [0.2, 0.25) is 0 Å². The zero-order valence-electron chi connectivity index (χ0n) is 15.6. The maximum atomic E-state index is 12.6. The van der Waals surface area contributed by atoms with E-state index in [-0.39, 0.29) is 16.7 Å². The highest BCUT2D eigenvalue weighted by molar-refractivity contribution is 6.04. The normalized spacial score (nSPS) is 13.4. The summed E-state index contributed by atoms with van der Waals surface area (Å²) >= 11 is 0. The number of pyridine rings is 1. The van der Waals surface area contributed by atoms with Gasteiger partial charge >= 0.3 is 0 Å². The molecule has 1 amide bonds. The molecule has 144 valence electrons. The number of hydrogen-bond donors (Lipinski definition) is 2. The summed E-state index contributed by atoms with van der Waals surface area (Å²) in [7, 11) is 0. The Labute approximate surface area is 165 Å². The van der Waals surface area contributed by atoms with Crippen LogP contribution in [0.15, 0.2) is 62.5 Å². The summed E-state index contributed by atoms with van der Waals surface area (Å²) in [5, 5.41) is 4.18. The summed E-state index contributed by atoms with van der Waals surface area (Å²) in [6.07, 6.45) is 3.81. The third kappa shape index (κ3) is 3.02. The van der Waals surface area contributed by atoms with Gasteiger partial charge in [0, 0.05) is 22.7 Å². The molecule has 4 aromatic rings. The maximum Gasteiger partial charge on any atom is 0.291 e. The van der Waals surface area contributed by atoms with Crippen LogP contribution in [0.25, 0.3) is 21.9 Å². The number of aromatic nitrogens is 1. The highest BCUT2D eigenvalue weighted by atomic mass is 16.3. The van der Waals surface area contributed by atoms with Crippen molar-refractivity contribution in [3.8, 4) is 0 Å². The fourth-order valence-corrected chi connectivity index (χ4v) is 4.05. The topological polar surface area (TPSA) is 92.2 Å². The number of nitrogens with one attached hydrogen (secondary N) is 2. The molecule has 0 bridgehead atoms. The van der Waals surface area contributed by atoms with E-state index in [0.29, 0.717) is 22.2 Å². The molecule has 2 N–H and O–H groups in total. The van der Waals surface area contributed by atoms with Gasteiger partial charge in [-0.1, -0.05) is 18.2 Å². The molecule has 2 aromatic carbocycles. The minimum absolute atomic E-state index is 0.0591. The average molecular weight is 386 g/mol. The monoisotopic (exact) mass is 386 g/mol. The van der Waals surface area contributed by atoms with Crippen LogP contribution in [0.1, 0.15) is 34.5 Å². The van der Waals surface area contributed by atoms with Gasteiger partial charge in [-0.05, 0) is 55.5 Å². The van der Waals surface area contributed by atoms with Gasteiger partial charge in [-0.2, -0.15) is 0 Å². The lowest BCUT2D eigenvalue weighted by atomic mass is 9.90. The van der Waals surface area contributed by atoms with Gasteiger partial charge in [0.05, 0.1) is 10.9 Å². The van der Waals surface area contributed by atoms with E-state index in [0.717, 1.165) is 42.2 Å². The molecular weight excluding hydrogens is 368 g/mol. The van der Waals surface area contributed by atoms with Crippen molar-refractivity contribution in [3.63, 3.8) is 0 Å². The standard InChI is InChI=1S/C23H18N2O4/c26-19-12-21(29-20-8-4-3-7-17(19)20)23(28)24-13-9-10-15-14-5-1-2-6-16(14)22(27)25-18(15)11-13/h3-4,7-12H,1-2,5-6H2,(H,24,28)(H,25,27). The van der Waals surface area contributed by atoms with Crippen LogP contribution in [0, 0.1) is 0 Å². The highest BCUT2D eigenvalue weighted by Crippen LogP contribution is 2.27. The number of benzene rings is 2. The van der Waals surface area contributed by atoms with Gasteiger partial charge in [0.15, 0.2) is 11.2 Å². The maximum absolute atomic E-state index is 12.6. The lowest BCUT2D eigenvalue weighted by Gasteiger charge is -2.17. The molecule has 6 nitrogen and oxygen atoms in total. The molecule has 0 saturated heterocycles. The summed E-state index contributed by atoms with van der Waals surface area (Å²) in [5.41, 5.74) is 3.22. The molecular formula is C23H18N2O4. The van der Waals surface area contributed by atoms with E-state index in [4.69, 9.17) is 4.42 Å². The number of aromatic amines is 1. The molecule has 5 rings (SSSR count). The third-order valence-electron chi connectivity index (χ3n) is 5.45. The van der Waals surface area contributed by atoms with Crippen molar-refractivity contribution in [2.24, 2.45) is 0 Å². The van der Waals surface area contributed by atoms with Crippen molar-refractivity contribution < 1.29 is 9.21 Å². The number of amides is 1. The van der Waals surface area contributed by atoms with E-state index >= 15 is 0 Å². The Morgan fingerprint density at radius 1 is 0.931 bits per heavy atom. The van der Waals surface area contributed by atoms with Gasteiger partial charge < -0.3 is 14.7 Å². The van der Waals surface area contributed by atoms with E-state index in [2.05, 4.69) is 10.3 Å². The fourth-order valence-electron chi connectivity index (χ4n) is 4.05. The molecule has 0 saturated carbocycles. The highest BCUT2D eigenvalue weighted by Gasteiger charge is 2.17. The van der Waals surface area contributed by atoms with E-state index in [1.807, 2.05) is 6.07 Å². The molecule has 6 heteroatoms. The Morgan fingerprint density at radius 2 is 1.72 bits per heavy atom. The largest absolute Gasteiger partial charge is 0.451 e. The van der Waals surface area contributed by atoms with Gasteiger partial charge in [-0.25, -0.2) is 0 Å². The van der Waals surface area contributed by atoms with Crippen molar-refractivity contribution in [2.45, 2.75) is 25.7 Å². The number of H-pyrrole nitrogens is 1. The van der Waals surface area contributed by atoms with Crippen LogP contribution in [0.3, 0.4) is 0 Å². The Balaban J connectivity index is 1.51. The molecule has 0 unspecified atom stereocenters. The van der Waals surface area contributed by atoms with Crippen molar-refractivity contribution in [1.82, 2.24) is 4.98 Å². The SMILES string of the molecule is O=C(Nc1ccc2c3c(c(=O)[nH]c2c1)CCCC3)c1cc(=O)c2ccccc2o1. The van der Waals surface area contributed by atoms with Crippen LogP contribution >= 0.6 is 0 Å². The molecule has 2 heterocycles. The number of hydrogen-bond acceptors (Lipinski definition) is 4. The Kier molecular flexibility index (Phi) is 4.05. The van der Waals surface area contributed by atoms with E-state index in [9.17, 15) is 14.4 Å². The van der Waals surface area contributed by atoms with Crippen LogP contribution in [0.2, 0.25) is 0 Å². The minimum Gasteiger partial charge on any atom is -0.451 e. The third-order valence-corrected chi connectivity index (χ3v) is 5.45. The van der Waals surface area contributed by atoms with Crippen LogP contribution in [0.5, 0.6) is 0 Å². The second-order valence-electron chi connectivity index (χ2n) is 7.30. The smallest absolute Gasteiger partial charge is 0.291 e. The zero-order valence-corrected chi connectivity index (χ0v) is 15.6. The molecule has 0 atom stereocenters. The van der Waals surface area contributed by atoms with Crippen molar-refractivity contribution in [3.05, 3.63) is 86.0 Å². The first-order chi connectivity index (χ1) is 14.1. The number of aryl methyl sites for hydroxylation is 1. The Hall–Kier alpha value is -3.67. The zero-order chi connectivity index (χ0) is 20.0. The summed E-state index contributed by atoms with van der Waals surface area (Å²) < 4.78 is 5.59.